The molecule has 1 saturated carbocycles. The van der Waals surface area contributed by atoms with Crippen molar-refractivity contribution < 1.29 is 4.74 Å². The number of hydrogen-bond donors (Lipinski definition) is 1. The fraction of sp³-hybridized carbons (Fsp3) is 0.409. The number of aryl methyl sites for hydroxylation is 2. The van der Waals surface area contributed by atoms with Crippen molar-refractivity contribution in [1.82, 2.24) is 19.5 Å². The standard InChI is InChI=1S/C22H27N5O/c1-15-12-23-22(26-21(15)17-7-5-4-6-8-17)25-18-9-10-19(20(11-18)28-3)27-13-16(2)24-14-27/h9-14,17H,4-8H2,1-3H3,(H,23,25,26). The second-order valence-electron chi connectivity index (χ2n) is 7.53. The van der Waals surface area contributed by atoms with E-state index in [1.165, 1.54) is 43.4 Å². The Labute approximate surface area is 166 Å². The molecule has 1 fully saturated rings. The minimum absolute atomic E-state index is 0.554. The fourth-order valence-corrected chi connectivity index (χ4v) is 3.96. The third-order valence-electron chi connectivity index (χ3n) is 5.43. The van der Waals surface area contributed by atoms with Crippen LogP contribution in [0, 0.1) is 13.8 Å². The van der Waals surface area contributed by atoms with Gasteiger partial charge in [-0.05, 0) is 44.4 Å². The Morgan fingerprint density at radius 2 is 1.93 bits per heavy atom. The van der Waals surface area contributed by atoms with Gasteiger partial charge in [0.1, 0.15) is 5.75 Å². The van der Waals surface area contributed by atoms with Crippen molar-refractivity contribution in [2.75, 3.05) is 12.4 Å². The molecule has 0 atom stereocenters. The van der Waals surface area contributed by atoms with E-state index in [9.17, 15) is 0 Å². The fourth-order valence-electron chi connectivity index (χ4n) is 3.96. The zero-order valence-corrected chi connectivity index (χ0v) is 16.8. The van der Waals surface area contributed by atoms with Gasteiger partial charge in [-0.25, -0.2) is 15.0 Å². The third kappa shape index (κ3) is 3.86. The van der Waals surface area contributed by atoms with Gasteiger partial charge in [0.25, 0.3) is 0 Å². The summed E-state index contributed by atoms with van der Waals surface area (Å²) in [5.74, 6) is 1.96. The molecule has 0 spiro atoms. The quantitative estimate of drug-likeness (QED) is 0.672. The Balaban J connectivity index is 1.59. The van der Waals surface area contributed by atoms with Crippen LogP contribution in [0.1, 0.15) is 55.0 Å². The molecule has 1 N–H and O–H groups in total. The molecule has 6 nitrogen and oxygen atoms in total. The predicted molar refractivity (Wildman–Crippen MR) is 111 cm³/mol. The maximum absolute atomic E-state index is 5.60. The first-order valence-electron chi connectivity index (χ1n) is 9.93. The topological polar surface area (TPSA) is 64.9 Å². The Morgan fingerprint density at radius 1 is 1.11 bits per heavy atom. The van der Waals surface area contributed by atoms with E-state index in [1.807, 2.05) is 42.1 Å². The average Bonchev–Trinajstić information content (AvgIpc) is 3.16. The molecule has 1 aliphatic rings. The first kappa shape index (κ1) is 18.5. The van der Waals surface area contributed by atoms with E-state index >= 15 is 0 Å². The van der Waals surface area contributed by atoms with Gasteiger partial charge in [0.2, 0.25) is 5.95 Å². The van der Waals surface area contributed by atoms with Gasteiger partial charge in [0.05, 0.1) is 30.5 Å². The summed E-state index contributed by atoms with van der Waals surface area (Å²) in [6, 6.07) is 5.99. The van der Waals surface area contributed by atoms with Crippen LogP contribution >= 0.6 is 0 Å². The molecule has 2 aromatic heterocycles. The van der Waals surface area contributed by atoms with Gasteiger partial charge in [0, 0.05) is 30.1 Å². The van der Waals surface area contributed by atoms with Crippen molar-refractivity contribution in [3.05, 3.63) is 53.9 Å². The van der Waals surface area contributed by atoms with Gasteiger partial charge in [-0.3, -0.25) is 0 Å². The molecule has 0 radical (unpaired) electrons. The van der Waals surface area contributed by atoms with E-state index in [0.29, 0.717) is 11.9 Å². The largest absolute Gasteiger partial charge is 0.494 e. The second-order valence-corrected chi connectivity index (χ2v) is 7.53. The molecule has 6 heteroatoms. The lowest BCUT2D eigenvalue weighted by Crippen LogP contribution is -2.10. The summed E-state index contributed by atoms with van der Waals surface area (Å²) < 4.78 is 7.56. The summed E-state index contributed by atoms with van der Waals surface area (Å²) >= 11 is 0. The highest BCUT2D eigenvalue weighted by atomic mass is 16.5. The van der Waals surface area contributed by atoms with Gasteiger partial charge in [-0.2, -0.15) is 0 Å². The van der Waals surface area contributed by atoms with Crippen LogP contribution in [0.2, 0.25) is 0 Å². The number of rotatable bonds is 5. The summed E-state index contributed by atoms with van der Waals surface area (Å²) in [6.07, 6.45) is 12.1. The predicted octanol–water partition coefficient (Wildman–Crippen LogP) is 5.08. The normalized spacial score (nSPS) is 14.8. The maximum Gasteiger partial charge on any atom is 0.227 e. The van der Waals surface area contributed by atoms with Crippen molar-refractivity contribution in [1.29, 1.82) is 0 Å². The first-order chi connectivity index (χ1) is 13.6. The molecule has 146 valence electrons. The summed E-state index contributed by atoms with van der Waals surface area (Å²) in [6.45, 7) is 4.08. The Bertz CT molecular complexity index is 959. The number of ether oxygens (including phenoxy) is 1. The molecule has 0 bridgehead atoms. The maximum atomic E-state index is 5.60. The second kappa shape index (κ2) is 8.00. The van der Waals surface area contributed by atoms with Crippen LogP contribution in [-0.2, 0) is 0 Å². The van der Waals surface area contributed by atoms with Crippen LogP contribution in [0.4, 0.5) is 11.6 Å². The van der Waals surface area contributed by atoms with Crippen LogP contribution in [0.5, 0.6) is 5.75 Å². The van der Waals surface area contributed by atoms with Crippen molar-refractivity contribution in [3.8, 4) is 11.4 Å². The SMILES string of the molecule is COc1cc(Nc2ncc(C)c(C3CCCCC3)n2)ccc1-n1cnc(C)c1. The number of nitrogens with zero attached hydrogens (tertiary/aromatic N) is 4. The van der Waals surface area contributed by atoms with Crippen molar-refractivity contribution in [2.24, 2.45) is 0 Å². The molecule has 4 rings (SSSR count). The number of methoxy groups -OCH3 is 1. The lowest BCUT2D eigenvalue weighted by Gasteiger charge is -2.22. The Kier molecular flexibility index (Phi) is 5.28. The van der Waals surface area contributed by atoms with Crippen molar-refractivity contribution in [2.45, 2.75) is 51.9 Å². The first-order valence-corrected chi connectivity index (χ1v) is 9.93. The van der Waals surface area contributed by atoms with Gasteiger partial charge >= 0.3 is 0 Å². The number of hydrogen-bond acceptors (Lipinski definition) is 5. The molecular formula is C22H27N5O. The van der Waals surface area contributed by atoms with E-state index in [2.05, 4.69) is 22.2 Å². The van der Waals surface area contributed by atoms with E-state index < -0.39 is 0 Å². The van der Waals surface area contributed by atoms with Crippen molar-refractivity contribution >= 4 is 11.6 Å². The monoisotopic (exact) mass is 377 g/mol. The number of nitrogens with one attached hydrogen (secondary N) is 1. The van der Waals surface area contributed by atoms with Crippen LogP contribution in [0.15, 0.2) is 36.9 Å². The summed E-state index contributed by atoms with van der Waals surface area (Å²) in [5.41, 5.74) is 5.18. The zero-order valence-electron chi connectivity index (χ0n) is 16.8. The molecule has 0 unspecified atom stereocenters. The number of imidazole rings is 1. The molecule has 0 amide bonds. The lowest BCUT2D eigenvalue weighted by molar-refractivity contribution is 0.413. The smallest absolute Gasteiger partial charge is 0.227 e. The highest BCUT2D eigenvalue weighted by molar-refractivity contribution is 5.62. The molecular weight excluding hydrogens is 350 g/mol. The minimum Gasteiger partial charge on any atom is -0.494 e. The summed E-state index contributed by atoms with van der Waals surface area (Å²) in [7, 11) is 1.68. The third-order valence-corrected chi connectivity index (χ3v) is 5.43. The lowest BCUT2D eigenvalue weighted by atomic mass is 9.85. The minimum atomic E-state index is 0.554. The highest BCUT2D eigenvalue weighted by Gasteiger charge is 2.19. The molecule has 3 aromatic rings. The molecule has 2 heterocycles. The number of benzene rings is 1. The Hall–Kier alpha value is -2.89. The van der Waals surface area contributed by atoms with E-state index in [0.717, 1.165) is 22.8 Å². The summed E-state index contributed by atoms with van der Waals surface area (Å²) in [4.78, 5) is 13.6. The number of anilines is 2. The highest BCUT2D eigenvalue weighted by Crippen LogP contribution is 2.34. The van der Waals surface area contributed by atoms with Gasteiger partial charge in [-0.1, -0.05) is 19.3 Å². The van der Waals surface area contributed by atoms with Crippen LogP contribution in [-0.4, -0.2) is 26.6 Å². The molecule has 1 aliphatic carbocycles. The van der Waals surface area contributed by atoms with E-state index in [4.69, 9.17) is 9.72 Å². The molecule has 1 aromatic carbocycles. The number of aromatic nitrogens is 4. The zero-order chi connectivity index (χ0) is 19.5. The molecule has 0 saturated heterocycles. The van der Waals surface area contributed by atoms with Gasteiger partial charge < -0.3 is 14.6 Å². The van der Waals surface area contributed by atoms with Gasteiger partial charge in [-0.15, -0.1) is 0 Å². The summed E-state index contributed by atoms with van der Waals surface area (Å²) in [5, 5.41) is 3.34. The van der Waals surface area contributed by atoms with E-state index in [-0.39, 0.29) is 0 Å². The Morgan fingerprint density at radius 3 is 2.64 bits per heavy atom. The van der Waals surface area contributed by atoms with Crippen LogP contribution < -0.4 is 10.1 Å². The average molecular weight is 377 g/mol. The molecule has 0 aliphatic heterocycles. The van der Waals surface area contributed by atoms with Gasteiger partial charge in [0.15, 0.2) is 0 Å². The van der Waals surface area contributed by atoms with E-state index in [1.54, 1.807) is 13.4 Å². The van der Waals surface area contributed by atoms with Crippen LogP contribution in [0.25, 0.3) is 5.69 Å². The van der Waals surface area contributed by atoms with Crippen LogP contribution in [0.3, 0.4) is 0 Å². The van der Waals surface area contributed by atoms with Crippen molar-refractivity contribution in [3.63, 3.8) is 0 Å². The molecule has 28 heavy (non-hydrogen) atoms.